The van der Waals surface area contributed by atoms with Crippen molar-refractivity contribution in [1.82, 2.24) is 20.5 Å². The fourth-order valence-corrected chi connectivity index (χ4v) is 4.89. The van der Waals surface area contributed by atoms with E-state index >= 15 is 0 Å². The van der Waals surface area contributed by atoms with Crippen LogP contribution in [0.3, 0.4) is 0 Å². The molecule has 2 amide bonds. The quantitative estimate of drug-likeness (QED) is 0.178. The molecule has 4 rings (SSSR count). The lowest BCUT2D eigenvalue weighted by Gasteiger charge is -2.26. The molecule has 0 saturated carbocycles. The molecule has 1 aromatic heterocycles. The number of unbranched alkanes of at least 4 members (excludes halogenated alkanes) is 1. The van der Waals surface area contributed by atoms with Crippen LogP contribution in [0.4, 0.5) is 4.79 Å². The average Bonchev–Trinajstić information content (AvgIpc) is 3.51. The summed E-state index contributed by atoms with van der Waals surface area (Å²) in [6.07, 6.45) is 0.550. The number of amides is 2. The molecule has 2 N–H and O–H groups in total. The summed E-state index contributed by atoms with van der Waals surface area (Å²) in [6, 6.07) is 15.4. The van der Waals surface area contributed by atoms with E-state index in [1.165, 1.54) is 16.2 Å². The minimum Gasteiger partial charge on any atom is -0.466 e. The van der Waals surface area contributed by atoms with Gasteiger partial charge in [-0.15, -0.1) is 11.3 Å². The number of aromatic nitrogens is 1. The molecule has 0 aliphatic carbocycles. The van der Waals surface area contributed by atoms with Crippen molar-refractivity contribution < 1.29 is 33.4 Å². The summed E-state index contributed by atoms with van der Waals surface area (Å²) in [5, 5.41) is 7.82. The predicted molar refractivity (Wildman–Crippen MR) is 156 cm³/mol. The van der Waals surface area contributed by atoms with E-state index in [2.05, 4.69) is 15.6 Å². The number of carbonyl (C=O) groups excluding carboxylic acids is 4. The maximum absolute atomic E-state index is 13.2. The van der Waals surface area contributed by atoms with E-state index in [0.717, 1.165) is 12.8 Å². The molecular weight excluding hydrogens is 560 g/mol. The molecule has 11 nitrogen and oxygen atoms in total. The second kappa shape index (κ2) is 15.6. The highest BCUT2D eigenvalue weighted by atomic mass is 32.1. The summed E-state index contributed by atoms with van der Waals surface area (Å²) in [4.78, 5) is 56.8. The molecule has 0 radical (unpaired) electrons. The van der Waals surface area contributed by atoms with Crippen molar-refractivity contribution in [2.45, 2.75) is 38.6 Å². The van der Waals surface area contributed by atoms with E-state index in [1.54, 1.807) is 5.38 Å². The van der Waals surface area contributed by atoms with Gasteiger partial charge in [-0.3, -0.25) is 9.59 Å². The summed E-state index contributed by atoms with van der Waals surface area (Å²) < 4.78 is 16.3. The second-order valence-corrected chi connectivity index (χ2v) is 10.4. The number of thiazole rings is 1. The Labute approximate surface area is 248 Å². The third-order valence-electron chi connectivity index (χ3n) is 6.38. The van der Waals surface area contributed by atoms with E-state index in [1.807, 2.05) is 61.5 Å². The van der Waals surface area contributed by atoms with Crippen LogP contribution >= 0.6 is 11.3 Å². The van der Waals surface area contributed by atoms with Gasteiger partial charge in [-0.25, -0.2) is 14.6 Å². The van der Waals surface area contributed by atoms with Gasteiger partial charge in [0.05, 0.1) is 12.2 Å². The largest absolute Gasteiger partial charge is 0.466 e. The minimum atomic E-state index is -1.26. The molecular formula is C30H34N4O7S. The summed E-state index contributed by atoms with van der Waals surface area (Å²) in [5.41, 5.74) is 0.763. The highest BCUT2D eigenvalue weighted by Crippen LogP contribution is 2.35. The molecule has 42 heavy (non-hydrogen) atoms. The van der Waals surface area contributed by atoms with Crippen LogP contribution in [0.1, 0.15) is 43.1 Å². The van der Waals surface area contributed by atoms with Crippen LogP contribution in [0.5, 0.6) is 11.5 Å². The Morgan fingerprint density at radius 3 is 2.55 bits per heavy atom. The van der Waals surface area contributed by atoms with Gasteiger partial charge in [0.1, 0.15) is 28.2 Å². The first-order valence-corrected chi connectivity index (χ1v) is 14.8. The van der Waals surface area contributed by atoms with Gasteiger partial charge in [0.15, 0.2) is 0 Å². The lowest BCUT2D eigenvalue weighted by molar-refractivity contribution is -0.144. The van der Waals surface area contributed by atoms with Crippen LogP contribution in [0, 0.1) is 0 Å². The van der Waals surface area contributed by atoms with Crippen molar-refractivity contribution in [3.63, 3.8) is 0 Å². The van der Waals surface area contributed by atoms with Gasteiger partial charge in [0, 0.05) is 38.0 Å². The first kappa shape index (κ1) is 30.7. The second-order valence-electron chi connectivity index (χ2n) is 9.51. The number of rotatable bonds is 12. The number of hydrogen-bond donors (Lipinski definition) is 2. The first-order chi connectivity index (χ1) is 20.4. The maximum atomic E-state index is 13.2. The molecule has 1 fully saturated rings. The standard InChI is InChI=1S/C30H34N4O7S/c1-2-3-19-39-26(35)14-13-23(29(37)41-30(38)34-17-15-31-16-18-34)32-27(36)24-20-42-28(33-24)22-11-7-8-12-25(22)40-21-9-5-4-6-10-21/h4-12,20,23,31H,2-3,13-19H2,1H3,(H,32,36). The molecule has 1 aliphatic heterocycles. The number of para-hydroxylation sites is 2. The van der Waals surface area contributed by atoms with Gasteiger partial charge >= 0.3 is 18.0 Å². The van der Waals surface area contributed by atoms with Gasteiger partial charge in [0.2, 0.25) is 0 Å². The summed E-state index contributed by atoms with van der Waals surface area (Å²) >= 11 is 1.24. The Hall–Kier alpha value is -4.29. The topological polar surface area (TPSA) is 136 Å². The van der Waals surface area contributed by atoms with E-state index < -0.39 is 30.0 Å². The first-order valence-electron chi connectivity index (χ1n) is 13.9. The van der Waals surface area contributed by atoms with E-state index in [0.29, 0.717) is 48.2 Å². The fourth-order valence-electron chi connectivity index (χ4n) is 4.06. The number of hydrogen-bond acceptors (Lipinski definition) is 10. The number of nitrogens with one attached hydrogen (secondary N) is 2. The number of benzene rings is 2. The summed E-state index contributed by atoms with van der Waals surface area (Å²) in [7, 11) is 0. The van der Waals surface area contributed by atoms with Crippen molar-refractivity contribution >= 4 is 35.3 Å². The molecule has 1 saturated heterocycles. The van der Waals surface area contributed by atoms with Crippen molar-refractivity contribution in [1.29, 1.82) is 0 Å². The lowest BCUT2D eigenvalue weighted by atomic mass is 10.1. The predicted octanol–water partition coefficient (Wildman–Crippen LogP) is 4.39. The molecule has 2 aromatic carbocycles. The zero-order valence-corrected chi connectivity index (χ0v) is 24.2. The molecule has 3 aromatic rings. The molecule has 12 heteroatoms. The van der Waals surface area contributed by atoms with Crippen molar-refractivity contribution in [3.8, 4) is 22.1 Å². The lowest BCUT2D eigenvalue weighted by Crippen LogP contribution is -2.49. The van der Waals surface area contributed by atoms with Crippen molar-refractivity contribution in [3.05, 3.63) is 65.7 Å². The normalized spacial score (nSPS) is 13.6. The fraction of sp³-hybridized carbons (Fsp3) is 0.367. The Bertz CT molecular complexity index is 1360. The molecule has 0 bridgehead atoms. The molecule has 2 heterocycles. The molecule has 0 spiro atoms. The Morgan fingerprint density at radius 2 is 1.79 bits per heavy atom. The van der Waals surface area contributed by atoms with Crippen LogP contribution in [-0.2, 0) is 19.1 Å². The monoisotopic (exact) mass is 594 g/mol. The van der Waals surface area contributed by atoms with Gasteiger partial charge in [0.25, 0.3) is 5.91 Å². The Morgan fingerprint density at radius 1 is 1.05 bits per heavy atom. The number of carbonyl (C=O) groups is 4. The number of piperazine rings is 1. The van der Waals surface area contributed by atoms with Crippen LogP contribution in [0.15, 0.2) is 60.0 Å². The summed E-state index contributed by atoms with van der Waals surface area (Å²) in [5.74, 6) is -0.876. The molecule has 1 unspecified atom stereocenters. The third-order valence-corrected chi connectivity index (χ3v) is 7.25. The zero-order valence-electron chi connectivity index (χ0n) is 23.4. The number of nitrogens with zero attached hydrogens (tertiary/aromatic N) is 2. The van der Waals surface area contributed by atoms with Crippen LogP contribution in [0.2, 0.25) is 0 Å². The van der Waals surface area contributed by atoms with Gasteiger partial charge < -0.3 is 29.7 Å². The van der Waals surface area contributed by atoms with Gasteiger partial charge in [-0.05, 0) is 37.1 Å². The third kappa shape index (κ3) is 8.85. The zero-order chi connectivity index (χ0) is 29.7. The highest BCUT2D eigenvalue weighted by Gasteiger charge is 2.29. The maximum Gasteiger partial charge on any atom is 0.417 e. The van der Waals surface area contributed by atoms with E-state index in [9.17, 15) is 19.2 Å². The SMILES string of the molecule is CCCCOC(=O)CCC(NC(=O)c1csc(-c2ccccc2Oc2ccccc2)n1)C(=O)OC(=O)N1CCNCC1. The minimum absolute atomic E-state index is 0.0706. The van der Waals surface area contributed by atoms with Crippen LogP contribution in [0.25, 0.3) is 10.6 Å². The van der Waals surface area contributed by atoms with Crippen LogP contribution < -0.4 is 15.4 Å². The Balaban J connectivity index is 1.45. The smallest absolute Gasteiger partial charge is 0.417 e. The van der Waals surface area contributed by atoms with Crippen LogP contribution in [-0.4, -0.2) is 72.7 Å². The number of esters is 2. The Kier molecular flexibility index (Phi) is 11.4. The van der Waals surface area contributed by atoms with Crippen molar-refractivity contribution in [2.75, 3.05) is 32.8 Å². The van der Waals surface area contributed by atoms with Crippen molar-refractivity contribution in [2.24, 2.45) is 0 Å². The molecule has 1 atom stereocenters. The summed E-state index contributed by atoms with van der Waals surface area (Å²) in [6.45, 7) is 4.20. The average molecular weight is 595 g/mol. The molecule has 222 valence electrons. The number of ether oxygens (including phenoxy) is 3. The molecule has 1 aliphatic rings. The van der Waals surface area contributed by atoms with E-state index in [-0.39, 0.29) is 25.1 Å². The highest BCUT2D eigenvalue weighted by molar-refractivity contribution is 7.13. The van der Waals surface area contributed by atoms with E-state index in [4.69, 9.17) is 14.2 Å². The van der Waals surface area contributed by atoms with Gasteiger partial charge in [-0.1, -0.05) is 43.7 Å². The van der Waals surface area contributed by atoms with Gasteiger partial charge in [-0.2, -0.15) is 0 Å².